The van der Waals surface area contributed by atoms with E-state index in [0.717, 1.165) is 12.8 Å². The van der Waals surface area contributed by atoms with E-state index in [9.17, 15) is 9.59 Å². The second kappa shape index (κ2) is 6.99. The number of hydrogen-bond acceptors (Lipinski definition) is 2. The average molecular weight is 333 g/mol. The molecule has 0 spiro atoms. The van der Waals surface area contributed by atoms with Crippen molar-refractivity contribution in [3.63, 3.8) is 0 Å². The van der Waals surface area contributed by atoms with Gasteiger partial charge in [-0.2, -0.15) is 0 Å². The van der Waals surface area contributed by atoms with Crippen molar-refractivity contribution in [2.75, 3.05) is 13.1 Å². The number of primary amides is 1. The zero-order valence-corrected chi connectivity index (χ0v) is 15.6. The van der Waals surface area contributed by atoms with Crippen LogP contribution in [0.15, 0.2) is 23.3 Å². The first-order chi connectivity index (χ1) is 11.1. The highest BCUT2D eigenvalue weighted by atomic mass is 16.2. The molecule has 0 bridgehead atoms. The Balaban J connectivity index is 2.13. The van der Waals surface area contributed by atoms with Gasteiger partial charge in [-0.3, -0.25) is 4.79 Å². The largest absolute Gasteiger partial charge is 0.351 e. The Hall–Kier alpha value is -1.78. The number of rotatable bonds is 2. The molecule has 0 saturated carbocycles. The number of urea groups is 1. The number of nitrogens with zero attached hydrogens (tertiary/aromatic N) is 2. The van der Waals surface area contributed by atoms with E-state index in [-0.39, 0.29) is 23.4 Å². The van der Waals surface area contributed by atoms with E-state index in [0.29, 0.717) is 13.1 Å². The fourth-order valence-electron chi connectivity index (χ4n) is 4.19. The maximum absolute atomic E-state index is 12.7. The van der Waals surface area contributed by atoms with E-state index in [1.807, 2.05) is 24.8 Å². The molecular formula is C19H31N3O2. The lowest BCUT2D eigenvalue weighted by Gasteiger charge is -2.43. The first kappa shape index (κ1) is 18.6. The molecule has 2 atom stereocenters. The Morgan fingerprint density at radius 3 is 2.29 bits per heavy atom. The maximum Gasteiger partial charge on any atom is 0.314 e. The molecule has 5 heteroatoms. The van der Waals surface area contributed by atoms with Gasteiger partial charge in [0.2, 0.25) is 5.91 Å². The lowest BCUT2D eigenvalue weighted by atomic mass is 9.72. The minimum atomic E-state index is -0.416. The summed E-state index contributed by atoms with van der Waals surface area (Å²) < 4.78 is 0. The zero-order chi connectivity index (χ0) is 18.1. The van der Waals surface area contributed by atoms with Gasteiger partial charge in [0.25, 0.3) is 0 Å². The van der Waals surface area contributed by atoms with E-state index in [1.165, 1.54) is 17.6 Å². The van der Waals surface area contributed by atoms with Crippen molar-refractivity contribution in [1.29, 1.82) is 0 Å². The van der Waals surface area contributed by atoms with E-state index in [1.54, 1.807) is 11.0 Å². The van der Waals surface area contributed by atoms with Gasteiger partial charge in [-0.05, 0) is 51.0 Å². The van der Waals surface area contributed by atoms with E-state index >= 15 is 0 Å². The van der Waals surface area contributed by atoms with Crippen LogP contribution in [0.5, 0.6) is 0 Å². The lowest BCUT2D eigenvalue weighted by Crippen LogP contribution is -2.60. The number of nitrogens with two attached hydrogens (primary N) is 1. The summed E-state index contributed by atoms with van der Waals surface area (Å²) in [4.78, 5) is 27.6. The highest BCUT2D eigenvalue weighted by Crippen LogP contribution is 2.40. The van der Waals surface area contributed by atoms with Crippen LogP contribution in [-0.4, -0.2) is 46.9 Å². The van der Waals surface area contributed by atoms with Crippen LogP contribution < -0.4 is 5.73 Å². The molecule has 2 N–H and O–H groups in total. The second-order valence-corrected chi connectivity index (χ2v) is 7.95. The molecule has 5 nitrogen and oxygen atoms in total. The Labute approximate surface area is 145 Å². The summed E-state index contributed by atoms with van der Waals surface area (Å²) in [6.07, 6.45) is 7.20. The fraction of sp³-hybridized carbons (Fsp3) is 0.684. The monoisotopic (exact) mass is 333 g/mol. The van der Waals surface area contributed by atoms with Crippen molar-refractivity contribution >= 4 is 11.9 Å². The van der Waals surface area contributed by atoms with Gasteiger partial charge in [-0.25, -0.2) is 4.79 Å². The van der Waals surface area contributed by atoms with Gasteiger partial charge >= 0.3 is 6.03 Å². The summed E-state index contributed by atoms with van der Waals surface area (Å²) >= 11 is 0. The number of hydrogen-bond donors (Lipinski definition) is 1. The van der Waals surface area contributed by atoms with Gasteiger partial charge in [-0.1, -0.05) is 25.5 Å². The Morgan fingerprint density at radius 2 is 1.79 bits per heavy atom. The smallest absolute Gasteiger partial charge is 0.314 e. The molecular weight excluding hydrogens is 302 g/mol. The van der Waals surface area contributed by atoms with E-state index in [4.69, 9.17) is 5.73 Å². The third-order valence-electron chi connectivity index (χ3n) is 5.42. The number of allylic oxidation sites excluding steroid dienone is 3. The first-order valence-electron chi connectivity index (χ1n) is 8.88. The average Bonchev–Trinajstić information content (AvgIpc) is 2.45. The molecule has 0 aromatic rings. The third-order valence-corrected chi connectivity index (χ3v) is 5.42. The van der Waals surface area contributed by atoms with Crippen molar-refractivity contribution in [3.8, 4) is 0 Å². The first-order valence-corrected chi connectivity index (χ1v) is 8.88. The summed E-state index contributed by atoms with van der Waals surface area (Å²) in [7, 11) is 0. The number of carbonyl (C=O) groups is 2. The highest BCUT2D eigenvalue weighted by Gasteiger charge is 2.33. The molecule has 1 aliphatic heterocycles. The molecule has 3 amide bonds. The molecule has 1 aliphatic carbocycles. The molecule has 0 radical (unpaired) electrons. The zero-order valence-electron chi connectivity index (χ0n) is 15.6. The van der Waals surface area contributed by atoms with E-state index < -0.39 is 6.03 Å². The van der Waals surface area contributed by atoms with Gasteiger partial charge in [-0.15, -0.1) is 0 Å². The molecule has 0 unspecified atom stereocenters. The van der Waals surface area contributed by atoms with Gasteiger partial charge in [0, 0.05) is 31.2 Å². The molecule has 2 rings (SSSR count). The van der Waals surface area contributed by atoms with Crippen molar-refractivity contribution in [3.05, 3.63) is 23.3 Å². The van der Waals surface area contributed by atoms with Gasteiger partial charge in [0.1, 0.15) is 0 Å². The highest BCUT2D eigenvalue weighted by molar-refractivity contribution is 5.89. The number of carbonyl (C=O) groups excluding carboxylic acids is 2. The summed E-state index contributed by atoms with van der Waals surface area (Å²) in [6.45, 7) is 11.6. The Bertz CT molecular complexity index is 565. The maximum atomic E-state index is 12.7. The quantitative estimate of drug-likeness (QED) is 0.789. The summed E-state index contributed by atoms with van der Waals surface area (Å²) in [6, 6.07) is -0.484. The number of piperazine rings is 1. The van der Waals surface area contributed by atoms with Crippen LogP contribution in [0.25, 0.3) is 0 Å². The van der Waals surface area contributed by atoms with Crippen LogP contribution in [0, 0.1) is 5.41 Å². The summed E-state index contributed by atoms with van der Waals surface area (Å²) in [5.41, 5.74) is 8.18. The molecule has 1 saturated heterocycles. The number of amides is 3. The molecule has 24 heavy (non-hydrogen) atoms. The Morgan fingerprint density at radius 1 is 1.21 bits per heavy atom. The lowest BCUT2D eigenvalue weighted by molar-refractivity contribution is -0.132. The summed E-state index contributed by atoms with van der Waals surface area (Å²) in [5, 5.41) is 0. The predicted octanol–water partition coefficient (Wildman–Crippen LogP) is 3.07. The van der Waals surface area contributed by atoms with E-state index in [2.05, 4.69) is 20.8 Å². The van der Waals surface area contributed by atoms with Crippen molar-refractivity contribution in [2.45, 2.75) is 66.0 Å². The van der Waals surface area contributed by atoms with Crippen LogP contribution in [0.3, 0.4) is 0 Å². The van der Waals surface area contributed by atoms with Gasteiger partial charge in [0.05, 0.1) is 0 Å². The molecule has 134 valence electrons. The van der Waals surface area contributed by atoms with Crippen molar-refractivity contribution in [1.82, 2.24) is 9.80 Å². The minimum Gasteiger partial charge on any atom is -0.351 e. The minimum absolute atomic E-state index is 0.0146. The van der Waals surface area contributed by atoms with Gasteiger partial charge < -0.3 is 15.5 Å². The molecule has 2 aliphatic rings. The molecule has 0 aromatic carbocycles. The molecule has 1 heterocycles. The van der Waals surface area contributed by atoms with Gasteiger partial charge in [0.15, 0.2) is 0 Å². The van der Waals surface area contributed by atoms with Crippen LogP contribution in [0.1, 0.15) is 53.9 Å². The molecule has 0 aromatic heterocycles. The standard InChI is InChI=1S/C19H31N3O2/c1-13-7-6-10-19(4,5)16(13)8-9-17(23)22-14(2)11-21(18(20)24)12-15(22)3/h8-9,14-15H,6-7,10-12H2,1-5H3,(H2,20,24)/t14-,15+. The second-order valence-electron chi connectivity index (χ2n) is 7.95. The van der Waals surface area contributed by atoms with Crippen LogP contribution in [0.2, 0.25) is 0 Å². The molecule has 1 fully saturated rings. The van der Waals surface area contributed by atoms with Crippen LogP contribution in [0.4, 0.5) is 4.79 Å². The summed E-state index contributed by atoms with van der Waals surface area (Å²) in [5.74, 6) is 0.0146. The normalized spacial score (nSPS) is 27.7. The van der Waals surface area contributed by atoms with Crippen molar-refractivity contribution < 1.29 is 9.59 Å². The predicted molar refractivity (Wildman–Crippen MR) is 96.4 cm³/mol. The van der Waals surface area contributed by atoms with Crippen molar-refractivity contribution in [2.24, 2.45) is 11.1 Å². The van der Waals surface area contributed by atoms with Crippen LogP contribution >= 0.6 is 0 Å². The fourth-order valence-corrected chi connectivity index (χ4v) is 4.19. The Kier molecular flexibility index (Phi) is 5.41. The van der Waals surface area contributed by atoms with Crippen LogP contribution in [-0.2, 0) is 4.79 Å². The topological polar surface area (TPSA) is 66.6 Å². The third kappa shape index (κ3) is 3.82. The SMILES string of the molecule is CC1=C(C=CC(=O)N2[C@H](C)CN(C(N)=O)C[C@@H]2C)C(C)(C)CCC1.